The van der Waals surface area contributed by atoms with Crippen LogP contribution >= 0.6 is 11.3 Å². The zero-order valence-electron chi connectivity index (χ0n) is 13.2. The zero-order chi connectivity index (χ0) is 17.4. The number of anilines is 1. The first-order valence-electron chi connectivity index (χ1n) is 7.42. The number of hydrogen-bond acceptors (Lipinski definition) is 7. The van der Waals surface area contributed by atoms with E-state index in [-0.39, 0.29) is 10.0 Å². The van der Waals surface area contributed by atoms with Crippen molar-refractivity contribution in [2.75, 3.05) is 25.0 Å². The van der Waals surface area contributed by atoms with Crippen LogP contribution in [0.4, 0.5) is 5.13 Å². The first kappa shape index (κ1) is 16.0. The van der Waals surface area contributed by atoms with Gasteiger partial charge in [0.1, 0.15) is 19.0 Å². The SMILES string of the molecule is COc1ccc(S(=O)(=O)Nc2nc3cc4c(cc3s2)OCCO4)cc1. The summed E-state index contributed by atoms with van der Waals surface area (Å²) >= 11 is 1.24. The van der Waals surface area contributed by atoms with Gasteiger partial charge in [0.05, 0.1) is 22.2 Å². The minimum absolute atomic E-state index is 0.138. The van der Waals surface area contributed by atoms with Crippen LogP contribution in [0, 0.1) is 0 Å². The molecule has 0 spiro atoms. The highest BCUT2D eigenvalue weighted by atomic mass is 32.2. The van der Waals surface area contributed by atoms with E-state index in [0.29, 0.717) is 36.0 Å². The van der Waals surface area contributed by atoms with Crippen LogP contribution < -0.4 is 18.9 Å². The minimum atomic E-state index is -3.73. The van der Waals surface area contributed by atoms with Crippen LogP contribution in [0.25, 0.3) is 10.2 Å². The number of fused-ring (bicyclic) bond motifs is 2. The van der Waals surface area contributed by atoms with E-state index >= 15 is 0 Å². The summed E-state index contributed by atoms with van der Waals surface area (Å²) in [6.45, 7) is 0.980. The van der Waals surface area contributed by atoms with Crippen molar-refractivity contribution in [2.24, 2.45) is 0 Å². The molecule has 0 radical (unpaired) electrons. The molecule has 7 nitrogen and oxygen atoms in total. The zero-order valence-corrected chi connectivity index (χ0v) is 14.8. The van der Waals surface area contributed by atoms with E-state index in [4.69, 9.17) is 14.2 Å². The summed E-state index contributed by atoms with van der Waals surface area (Å²) in [4.78, 5) is 4.47. The molecule has 0 saturated heterocycles. The fraction of sp³-hybridized carbons (Fsp3) is 0.188. The first-order valence-corrected chi connectivity index (χ1v) is 9.72. The summed E-state index contributed by atoms with van der Waals surface area (Å²) in [5, 5.41) is 0.285. The molecule has 0 saturated carbocycles. The van der Waals surface area contributed by atoms with Crippen molar-refractivity contribution in [3.8, 4) is 17.2 Å². The van der Waals surface area contributed by atoms with Crippen molar-refractivity contribution in [3.63, 3.8) is 0 Å². The number of rotatable bonds is 4. The Kier molecular flexibility index (Phi) is 3.89. The largest absolute Gasteiger partial charge is 0.497 e. The lowest BCUT2D eigenvalue weighted by atomic mass is 10.3. The number of nitrogens with one attached hydrogen (secondary N) is 1. The predicted molar refractivity (Wildman–Crippen MR) is 94.4 cm³/mol. The van der Waals surface area contributed by atoms with Gasteiger partial charge in [-0.3, -0.25) is 4.72 Å². The van der Waals surface area contributed by atoms with E-state index in [9.17, 15) is 8.42 Å². The Morgan fingerprint density at radius 1 is 1.12 bits per heavy atom. The fourth-order valence-electron chi connectivity index (χ4n) is 2.44. The molecule has 3 aromatic rings. The molecule has 0 aliphatic carbocycles. The van der Waals surface area contributed by atoms with Crippen molar-refractivity contribution in [2.45, 2.75) is 4.90 Å². The highest BCUT2D eigenvalue weighted by molar-refractivity contribution is 7.93. The van der Waals surface area contributed by atoms with Crippen LogP contribution in [0.2, 0.25) is 0 Å². The Labute approximate surface area is 148 Å². The monoisotopic (exact) mass is 378 g/mol. The number of aromatic nitrogens is 1. The van der Waals surface area contributed by atoms with E-state index in [0.717, 1.165) is 4.70 Å². The van der Waals surface area contributed by atoms with Gasteiger partial charge in [-0.25, -0.2) is 13.4 Å². The summed E-state index contributed by atoms with van der Waals surface area (Å²) < 4.78 is 44.4. The maximum Gasteiger partial charge on any atom is 0.263 e. The van der Waals surface area contributed by atoms with Crippen molar-refractivity contribution in [1.82, 2.24) is 4.98 Å². The molecular weight excluding hydrogens is 364 g/mol. The maximum atomic E-state index is 12.5. The molecular formula is C16H14N2O5S2. The van der Waals surface area contributed by atoms with Crippen LogP contribution in [0.3, 0.4) is 0 Å². The first-order chi connectivity index (χ1) is 12.0. The molecule has 0 fully saturated rings. The predicted octanol–water partition coefficient (Wildman–Crippen LogP) is 2.88. The number of hydrogen-bond donors (Lipinski definition) is 1. The summed E-state index contributed by atoms with van der Waals surface area (Å²) in [6.07, 6.45) is 0. The third-order valence-electron chi connectivity index (χ3n) is 3.64. The number of benzene rings is 2. The molecule has 25 heavy (non-hydrogen) atoms. The van der Waals surface area contributed by atoms with E-state index < -0.39 is 10.0 Å². The molecule has 9 heteroatoms. The molecule has 2 aromatic carbocycles. The van der Waals surface area contributed by atoms with Gasteiger partial charge in [-0.1, -0.05) is 11.3 Å². The summed E-state index contributed by atoms with van der Waals surface area (Å²) in [5.41, 5.74) is 0.654. The second-order valence-corrected chi connectivity index (χ2v) is 7.98. The van der Waals surface area contributed by atoms with Gasteiger partial charge in [0, 0.05) is 12.1 Å². The number of nitrogens with zero attached hydrogens (tertiary/aromatic N) is 1. The molecule has 4 rings (SSSR count). The lowest BCUT2D eigenvalue weighted by Crippen LogP contribution is -2.15. The number of thiazole rings is 1. The molecule has 1 aromatic heterocycles. The molecule has 0 atom stereocenters. The molecule has 0 unspecified atom stereocenters. The maximum absolute atomic E-state index is 12.5. The van der Waals surface area contributed by atoms with Gasteiger partial charge in [0.15, 0.2) is 16.6 Å². The molecule has 130 valence electrons. The van der Waals surface area contributed by atoms with Crippen molar-refractivity contribution in [3.05, 3.63) is 36.4 Å². The van der Waals surface area contributed by atoms with Gasteiger partial charge in [-0.15, -0.1) is 0 Å². The number of methoxy groups -OCH3 is 1. The second-order valence-electron chi connectivity index (χ2n) is 5.26. The standard InChI is InChI=1S/C16H14N2O5S2/c1-21-10-2-4-11(5-3-10)25(19,20)18-16-17-12-8-13-14(9-15(12)24-16)23-7-6-22-13/h2-5,8-9H,6-7H2,1H3,(H,17,18). The Balaban J connectivity index is 1.65. The smallest absolute Gasteiger partial charge is 0.263 e. The lowest BCUT2D eigenvalue weighted by molar-refractivity contribution is 0.172. The molecule has 0 amide bonds. The van der Waals surface area contributed by atoms with Crippen LogP contribution in [0.1, 0.15) is 0 Å². The highest BCUT2D eigenvalue weighted by Crippen LogP contribution is 2.38. The van der Waals surface area contributed by atoms with Gasteiger partial charge in [-0.05, 0) is 24.3 Å². The summed E-state index contributed by atoms with van der Waals surface area (Å²) in [6, 6.07) is 9.72. The normalized spacial score (nSPS) is 13.6. The Hall–Kier alpha value is -2.52. The van der Waals surface area contributed by atoms with Crippen LogP contribution in [-0.2, 0) is 10.0 Å². The highest BCUT2D eigenvalue weighted by Gasteiger charge is 2.19. The van der Waals surface area contributed by atoms with Crippen LogP contribution in [0.15, 0.2) is 41.3 Å². The van der Waals surface area contributed by atoms with Crippen LogP contribution in [-0.4, -0.2) is 33.7 Å². The number of ether oxygens (including phenoxy) is 3. The number of sulfonamides is 1. The van der Waals surface area contributed by atoms with E-state index in [1.807, 2.05) is 6.07 Å². The summed E-state index contributed by atoms with van der Waals surface area (Å²) in [7, 11) is -2.20. The summed E-state index contributed by atoms with van der Waals surface area (Å²) in [5.74, 6) is 1.85. The molecule has 1 aliphatic heterocycles. The average Bonchev–Trinajstić information content (AvgIpc) is 2.99. The van der Waals surface area contributed by atoms with Crippen LogP contribution in [0.5, 0.6) is 17.2 Å². The van der Waals surface area contributed by atoms with Gasteiger partial charge in [0.25, 0.3) is 10.0 Å². The van der Waals surface area contributed by atoms with Gasteiger partial charge in [0.2, 0.25) is 0 Å². The Morgan fingerprint density at radius 2 is 1.80 bits per heavy atom. The third kappa shape index (κ3) is 3.08. The van der Waals surface area contributed by atoms with Crippen molar-refractivity contribution < 1.29 is 22.6 Å². The molecule has 1 N–H and O–H groups in total. The second kappa shape index (κ2) is 6.08. The third-order valence-corrected chi connectivity index (χ3v) is 6.06. The Bertz CT molecular complexity index is 986. The van der Waals surface area contributed by atoms with Gasteiger partial charge in [-0.2, -0.15) is 0 Å². The van der Waals surface area contributed by atoms with E-state index in [1.165, 1.54) is 30.6 Å². The van der Waals surface area contributed by atoms with Crippen molar-refractivity contribution >= 4 is 36.7 Å². The average molecular weight is 378 g/mol. The lowest BCUT2D eigenvalue weighted by Gasteiger charge is -2.17. The topological polar surface area (TPSA) is 86.8 Å². The fourth-order valence-corrected chi connectivity index (χ4v) is 4.55. The molecule has 1 aliphatic rings. The van der Waals surface area contributed by atoms with E-state index in [2.05, 4.69) is 9.71 Å². The Morgan fingerprint density at radius 3 is 2.48 bits per heavy atom. The quantitative estimate of drug-likeness (QED) is 0.751. The molecule has 2 heterocycles. The molecule has 0 bridgehead atoms. The van der Waals surface area contributed by atoms with Gasteiger partial charge < -0.3 is 14.2 Å². The minimum Gasteiger partial charge on any atom is -0.497 e. The van der Waals surface area contributed by atoms with E-state index in [1.54, 1.807) is 18.2 Å². The van der Waals surface area contributed by atoms with Crippen molar-refractivity contribution in [1.29, 1.82) is 0 Å². The van der Waals surface area contributed by atoms with Gasteiger partial charge >= 0.3 is 0 Å².